The van der Waals surface area contributed by atoms with Crippen LogP contribution in [0.2, 0.25) is 0 Å². The summed E-state index contributed by atoms with van der Waals surface area (Å²) in [6.45, 7) is 0.577. The second-order valence-corrected chi connectivity index (χ2v) is 6.81. The third-order valence-corrected chi connectivity index (χ3v) is 5.17. The number of hydrazine groups is 1. The molecule has 2 aromatic carbocycles. The predicted octanol–water partition coefficient (Wildman–Crippen LogP) is 2.00. The number of nitrogens with one attached hydrogen (secondary N) is 3. The lowest BCUT2D eigenvalue weighted by molar-refractivity contribution is -0.120. The van der Waals surface area contributed by atoms with Gasteiger partial charge in [-0.15, -0.1) is 0 Å². The van der Waals surface area contributed by atoms with Crippen LogP contribution in [0.25, 0.3) is 0 Å². The van der Waals surface area contributed by atoms with Crippen LogP contribution in [0.15, 0.2) is 48.5 Å². The maximum absolute atomic E-state index is 12.8. The van der Waals surface area contributed by atoms with Crippen LogP contribution in [0.1, 0.15) is 23.6 Å². The Bertz CT molecular complexity index is 837. The van der Waals surface area contributed by atoms with Gasteiger partial charge in [-0.05, 0) is 35.7 Å². The van der Waals surface area contributed by atoms with Crippen LogP contribution in [0.3, 0.4) is 0 Å². The fourth-order valence-corrected chi connectivity index (χ4v) is 3.69. The van der Waals surface area contributed by atoms with Crippen LogP contribution in [-0.2, 0) is 16.0 Å². The molecule has 4 rings (SSSR count). The fourth-order valence-electron chi connectivity index (χ4n) is 3.69. The Morgan fingerprint density at radius 2 is 1.96 bits per heavy atom. The molecule has 0 spiro atoms. The van der Waals surface area contributed by atoms with Gasteiger partial charge >= 0.3 is 0 Å². The minimum atomic E-state index is -0.197. The Morgan fingerprint density at radius 1 is 1.15 bits per heavy atom. The van der Waals surface area contributed by atoms with Gasteiger partial charge in [-0.1, -0.05) is 30.3 Å². The van der Waals surface area contributed by atoms with E-state index in [1.165, 1.54) is 0 Å². The fraction of sp³-hybridized carbons (Fsp3) is 0.300. The molecule has 0 aromatic heterocycles. The van der Waals surface area contributed by atoms with Crippen LogP contribution in [0.4, 0.5) is 11.4 Å². The van der Waals surface area contributed by atoms with Crippen molar-refractivity contribution in [3.63, 3.8) is 0 Å². The van der Waals surface area contributed by atoms with E-state index in [9.17, 15) is 9.59 Å². The van der Waals surface area contributed by atoms with Gasteiger partial charge in [0, 0.05) is 31.4 Å². The molecule has 2 aliphatic rings. The Labute approximate surface area is 152 Å². The first-order valence-corrected chi connectivity index (χ1v) is 8.87. The topological polar surface area (TPSA) is 73.5 Å². The molecular weight excluding hydrogens is 328 g/mol. The maximum atomic E-state index is 12.8. The van der Waals surface area contributed by atoms with Crippen molar-refractivity contribution in [1.82, 2.24) is 10.9 Å². The maximum Gasteiger partial charge on any atom is 0.230 e. The molecule has 2 atom stereocenters. The van der Waals surface area contributed by atoms with Crippen LogP contribution in [0.5, 0.6) is 0 Å². The van der Waals surface area contributed by atoms with Crippen LogP contribution >= 0.6 is 0 Å². The van der Waals surface area contributed by atoms with Crippen LogP contribution in [0, 0.1) is 5.92 Å². The summed E-state index contributed by atoms with van der Waals surface area (Å²) in [5.41, 5.74) is 10.2. The number of carbonyl (C=O) groups excluding carboxylic acids is 2. The van der Waals surface area contributed by atoms with Crippen LogP contribution < -0.4 is 21.1 Å². The first-order chi connectivity index (χ1) is 12.6. The third kappa shape index (κ3) is 3.09. The van der Waals surface area contributed by atoms with Gasteiger partial charge in [0.25, 0.3) is 0 Å². The lowest BCUT2D eigenvalue weighted by atomic mass is 9.94. The second kappa shape index (κ2) is 6.90. The van der Waals surface area contributed by atoms with E-state index in [-0.39, 0.29) is 23.8 Å². The average Bonchev–Trinajstić information content (AvgIpc) is 3.15. The quantitative estimate of drug-likeness (QED) is 0.792. The van der Waals surface area contributed by atoms with E-state index in [4.69, 9.17) is 0 Å². The zero-order valence-electron chi connectivity index (χ0n) is 14.7. The minimum absolute atomic E-state index is 0.0171. The van der Waals surface area contributed by atoms with Gasteiger partial charge in [0.15, 0.2) is 0 Å². The van der Waals surface area contributed by atoms with Crippen LogP contribution in [-0.4, -0.2) is 25.4 Å². The zero-order chi connectivity index (χ0) is 18.1. The van der Waals surface area contributed by atoms with Crippen molar-refractivity contribution < 1.29 is 9.59 Å². The minimum Gasteiger partial charge on any atom is -0.326 e. The number of nitrogens with zero attached hydrogens (tertiary/aromatic N) is 1. The highest BCUT2D eigenvalue weighted by molar-refractivity contribution is 5.97. The van der Waals surface area contributed by atoms with Gasteiger partial charge in [0.2, 0.25) is 11.8 Å². The van der Waals surface area contributed by atoms with Crippen molar-refractivity contribution in [2.75, 3.05) is 23.8 Å². The van der Waals surface area contributed by atoms with Crippen molar-refractivity contribution in [2.24, 2.45) is 5.92 Å². The lowest BCUT2D eigenvalue weighted by Crippen LogP contribution is -2.31. The second-order valence-electron chi connectivity index (χ2n) is 6.81. The highest BCUT2D eigenvalue weighted by atomic mass is 16.2. The summed E-state index contributed by atoms with van der Waals surface area (Å²) in [6.07, 6.45) is 1.22. The summed E-state index contributed by atoms with van der Waals surface area (Å²) in [6, 6.07) is 15.7. The highest BCUT2D eigenvalue weighted by Crippen LogP contribution is 2.30. The molecule has 3 N–H and O–H groups in total. The smallest absolute Gasteiger partial charge is 0.230 e. The molecule has 1 saturated heterocycles. The molecule has 2 amide bonds. The monoisotopic (exact) mass is 350 g/mol. The Kier molecular flexibility index (Phi) is 4.44. The first-order valence-electron chi connectivity index (χ1n) is 8.87. The number of fused-ring (bicyclic) bond motifs is 1. The van der Waals surface area contributed by atoms with E-state index in [2.05, 4.69) is 16.2 Å². The standard InChI is InChI=1S/C20H22N4O2/c1-24-17-9-8-15(11-14(17)7-10-18(24)25)22-20(26)16-12-21-23-19(16)13-5-3-2-4-6-13/h2-6,8-9,11,16,19,21,23H,7,10,12H2,1H3,(H,22,26). The van der Waals surface area contributed by atoms with Gasteiger partial charge in [-0.3, -0.25) is 15.0 Å². The molecule has 2 heterocycles. The average molecular weight is 350 g/mol. The molecule has 2 aliphatic heterocycles. The van der Waals surface area contributed by atoms with Crippen molar-refractivity contribution in [3.8, 4) is 0 Å². The first kappa shape index (κ1) is 16.8. The van der Waals surface area contributed by atoms with E-state index < -0.39 is 0 Å². The van der Waals surface area contributed by atoms with E-state index >= 15 is 0 Å². The molecule has 0 saturated carbocycles. The van der Waals surface area contributed by atoms with E-state index in [1.54, 1.807) is 11.9 Å². The molecule has 0 aliphatic carbocycles. The number of amides is 2. The Morgan fingerprint density at radius 3 is 2.77 bits per heavy atom. The Hall–Kier alpha value is -2.70. The number of hydrogen-bond acceptors (Lipinski definition) is 4. The van der Waals surface area contributed by atoms with Gasteiger partial charge < -0.3 is 10.2 Å². The molecule has 1 fully saturated rings. The summed E-state index contributed by atoms with van der Waals surface area (Å²) in [4.78, 5) is 26.3. The number of benzene rings is 2. The molecule has 26 heavy (non-hydrogen) atoms. The molecule has 6 heteroatoms. The van der Waals surface area contributed by atoms with Crippen molar-refractivity contribution >= 4 is 23.2 Å². The zero-order valence-corrected chi connectivity index (χ0v) is 14.7. The molecule has 0 radical (unpaired) electrons. The van der Waals surface area contributed by atoms with Crippen molar-refractivity contribution in [2.45, 2.75) is 18.9 Å². The number of hydrogen-bond donors (Lipinski definition) is 3. The molecule has 2 unspecified atom stereocenters. The molecule has 6 nitrogen and oxygen atoms in total. The van der Waals surface area contributed by atoms with E-state index in [1.807, 2.05) is 48.5 Å². The SMILES string of the molecule is CN1C(=O)CCc2cc(NC(=O)C3CNNC3c3ccccc3)ccc21. The number of aryl methyl sites for hydroxylation is 1. The van der Waals surface area contributed by atoms with Gasteiger partial charge in [-0.2, -0.15) is 0 Å². The largest absolute Gasteiger partial charge is 0.326 e. The third-order valence-electron chi connectivity index (χ3n) is 5.17. The Balaban J connectivity index is 1.51. The summed E-state index contributed by atoms with van der Waals surface area (Å²) in [7, 11) is 1.79. The van der Waals surface area contributed by atoms with Gasteiger partial charge in [-0.25, -0.2) is 5.43 Å². The van der Waals surface area contributed by atoms with Gasteiger partial charge in [0.1, 0.15) is 0 Å². The molecule has 0 bridgehead atoms. The lowest BCUT2D eigenvalue weighted by Gasteiger charge is -2.26. The summed E-state index contributed by atoms with van der Waals surface area (Å²) >= 11 is 0. The predicted molar refractivity (Wildman–Crippen MR) is 101 cm³/mol. The van der Waals surface area contributed by atoms with Gasteiger partial charge in [0.05, 0.1) is 12.0 Å². The molecular formula is C20H22N4O2. The highest BCUT2D eigenvalue weighted by Gasteiger charge is 2.34. The summed E-state index contributed by atoms with van der Waals surface area (Å²) in [5.74, 6) is -0.0858. The number of carbonyl (C=O) groups is 2. The number of rotatable bonds is 3. The molecule has 2 aromatic rings. The van der Waals surface area contributed by atoms with E-state index in [0.29, 0.717) is 19.4 Å². The van der Waals surface area contributed by atoms with Crippen molar-refractivity contribution in [3.05, 3.63) is 59.7 Å². The summed E-state index contributed by atoms with van der Waals surface area (Å²) < 4.78 is 0. The normalized spacial score (nSPS) is 22.2. The van der Waals surface area contributed by atoms with Crippen molar-refractivity contribution in [1.29, 1.82) is 0 Å². The number of anilines is 2. The van der Waals surface area contributed by atoms with E-state index in [0.717, 1.165) is 22.5 Å². The molecule has 134 valence electrons. The summed E-state index contributed by atoms with van der Waals surface area (Å²) in [5, 5.41) is 3.04.